The van der Waals surface area contributed by atoms with Gasteiger partial charge in [-0.1, -0.05) is 0 Å². The van der Waals surface area contributed by atoms with Crippen molar-refractivity contribution >= 4 is 18.5 Å². The number of aryl methyl sites for hydroxylation is 1. The molecule has 3 aromatic rings. The number of rotatable bonds is 4. The van der Waals surface area contributed by atoms with Crippen LogP contribution in [0.25, 0.3) is 17.0 Å². The molecule has 1 atom stereocenters. The Bertz CT molecular complexity index is 1100. The zero-order chi connectivity index (χ0) is 21.0. The third kappa shape index (κ3) is 3.38. The number of aromatic nitrogens is 5. The lowest BCUT2D eigenvalue weighted by Crippen LogP contribution is -2.44. The number of H-pyrrole nitrogens is 1. The van der Waals surface area contributed by atoms with Gasteiger partial charge in [0.25, 0.3) is 0 Å². The third-order valence-corrected chi connectivity index (χ3v) is 9.04. The van der Waals surface area contributed by atoms with Crippen LogP contribution in [0.2, 0.25) is 0 Å². The summed E-state index contributed by atoms with van der Waals surface area (Å²) >= 11 is 0. The monoisotopic (exact) mass is 416 g/mol. The van der Waals surface area contributed by atoms with Gasteiger partial charge in [-0.25, -0.2) is 9.50 Å². The standard InChI is InChI=1S/C20H29N6O2P/c1-13-9-16(23-22-13)19-21-11-17-15(20(3,4)29(5,6)27)10-18(24-26(17)19)25-7-8-28-12-14(25)2/h9-11,14H,7-8,12H2,1-6H3,(H,22,23). The van der Waals surface area contributed by atoms with E-state index in [2.05, 4.69) is 33.1 Å². The Morgan fingerprint density at radius 1 is 1.31 bits per heavy atom. The summed E-state index contributed by atoms with van der Waals surface area (Å²) in [4.78, 5) is 6.89. The van der Waals surface area contributed by atoms with Crippen LogP contribution in [0.15, 0.2) is 18.3 Å². The maximum atomic E-state index is 13.2. The van der Waals surface area contributed by atoms with Crippen molar-refractivity contribution < 1.29 is 9.30 Å². The molecule has 9 heteroatoms. The summed E-state index contributed by atoms with van der Waals surface area (Å²) in [6, 6.07) is 4.25. The van der Waals surface area contributed by atoms with E-state index in [1.807, 2.05) is 50.9 Å². The van der Waals surface area contributed by atoms with Gasteiger partial charge in [-0.2, -0.15) is 5.10 Å². The van der Waals surface area contributed by atoms with Crippen LogP contribution in [0.1, 0.15) is 32.0 Å². The predicted molar refractivity (Wildman–Crippen MR) is 115 cm³/mol. The number of aromatic amines is 1. The molecule has 1 fully saturated rings. The van der Waals surface area contributed by atoms with E-state index < -0.39 is 12.3 Å². The summed E-state index contributed by atoms with van der Waals surface area (Å²) in [5.74, 6) is 1.54. The molecule has 29 heavy (non-hydrogen) atoms. The molecule has 4 heterocycles. The molecule has 3 aromatic heterocycles. The van der Waals surface area contributed by atoms with E-state index in [1.54, 1.807) is 0 Å². The molecule has 0 amide bonds. The second-order valence-corrected chi connectivity index (χ2v) is 12.6. The van der Waals surface area contributed by atoms with Crippen LogP contribution in [0, 0.1) is 6.92 Å². The summed E-state index contributed by atoms with van der Waals surface area (Å²) in [5, 5.41) is 11.7. The fourth-order valence-electron chi connectivity index (χ4n) is 3.67. The SMILES string of the molecule is Cc1cc(-c2ncc3c(C(C)(C)P(C)(C)=O)cc(N4CCOCC4C)nn23)[nH]n1. The molecule has 0 bridgehead atoms. The van der Waals surface area contributed by atoms with Gasteiger partial charge >= 0.3 is 0 Å². The molecule has 0 aromatic carbocycles. The molecule has 1 aliphatic heterocycles. The van der Waals surface area contributed by atoms with E-state index in [9.17, 15) is 4.57 Å². The molecular weight excluding hydrogens is 387 g/mol. The van der Waals surface area contributed by atoms with Gasteiger partial charge in [0.2, 0.25) is 0 Å². The van der Waals surface area contributed by atoms with Gasteiger partial charge in [-0.15, -0.1) is 5.10 Å². The van der Waals surface area contributed by atoms with Crippen molar-refractivity contribution in [2.24, 2.45) is 0 Å². The Morgan fingerprint density at radius 3 is 2.69 bits per heavy atom. The van der Waals surface area contributed by atoms with E-state index in [-0.39, 0.29) is 6.04 Å². The number of anilines is 1. The van der Waals surface area contributed by atoms with Crippen LogP contribution in [0.4, 0.5) is 5.82 Å². The second kappa shape index (κ2) is 6.96. The molecule has 1 unspecified atom stereocenters. The van der Waals surface area contributed by atoms with Crippen LogP contribution in [0.3, 0.4) is 0 Å². The Labute approximate surface area is 171 Å². The predicted octanol–water partition coefficient (Wildman–Crippen LogP) is 3.51. The van der Waals surface area contributed by atoms with Crippen molar-refractivity contribution in [3.8, 4) is 11.5 Å². The molecule has 1 N–H and O–H groups in total. The van der Waals surface area contributed by atoms with Crippen LogP contribution in [-0.4, -0.2) is 63.9 Å². The quantitative estimate of drug-likeness (QED) is 0.655. The summed E-state index contributed by atoms with van der Waals surface area (Å²) in [7, 11) is -2.46. The molecule has 0 saturated carbocycles. The Kier molecular flexibility index (Phi) is 4.82. The third-order valence-electron chi connectivity index (χ3n) is 6.10. The van der Waals surface area contributed by atoms with E-state index in [1.165, 1.54) is 0 Å². The second-order valence-electron chi connectivity index (χ2n) is 8.75. The Morgan fingerprint density at radius 2 is 2.07 bits per heavy atom. The van der Waals surface area contributed by atoms with Crippen LogP contribution in [0.5, 0.6) is 0 Å². The summed E-state index contributed by atoms with van der Waals surface area (Å²) < 4.78 is 20.7. The lowest BCUT2D eigenvalue weighted by molar-refractivity contribution is 0.0984. The van der Waals surface area contributed by atoms with E-state index in [0.29, 0.717) is 19.0 Å². The van der Waals surface area contributed by atoms with Crippen molar-refractivity contribution in [2.75, 3.05) is 38.0 Å². The van der Waals surface area contributed by atoms with Crippen molar-refractivity contribution in [1.82, 2.24) is 24.8 Å². The summed E-state index contributed by atoms with van der Waals surface area (Å²) in [6.45, 7) is 13.9. The summed E-state index contributed by atoms with van der Waals surface area (Å²) in [6.07, 6.45) is 1.82. The molecule has 0 radical (unpaired) electrons. The van der Waals surface area contributed by atoms with E-state index >= 15 is 0 Å². The molecule has 0 spiro atoms. The smallest absolute Gasteiger partial charge is 0.179 e. The number of nitrogens with one attached hydrogen (secondary N) is 1. The first-order valence-corrected chi connectivity index (χ1v) is 12.5. The molecule has 156 valence electrons. The maximum absolute atomic E-state index is 13.2. The van der Waals surface area contributed by atoms with Gasteiger partial charge in [0, 0.05) is 11.7 Å². The highest BCUT2D eigenvalue weighted by Crippen LogP contribution is 2.58. The number of hydrogen-bond donors (Lipinski definition) is 1. The van der Waals surface area contributed by atoms with Crippen LogP contribution in [-0.2, 0) is 14.5 Å². The molecular formula is C20H29N6O2P. The number of ether oxygens (including phenoxy) is 1. The first kappa shape index (κ1) is 20.1. The Balaban J connectivity index is 1.98. The van der Waals surface area contributed by atoms with Crippen LogP contribution >= 0.6 is 7.14 Å². The first-order valence-electron chi connectivity index (χ1n) is 9.90. The normalized spacial score (nSPS) is 18.6. The van der Waals surface area contributed by atoms with E-state index in [0.717, 1.165) is 34.8 Å². The zero-order valence-electron chi connectivity index (χ0n) is 17.9. The maximum Gasteiger partial charge on any atom is 0.179 e. The topological polar surface area (TPSA) is 88.4 Å². The summed E-state index contributed by atoms with van der Waals surface area (Å²) in [5.41, 5.74) is 3.55. The Hall–Kier alpha value is -2.18. The average Bonchev–Trinajstić information content (AvgIpc) is 3.26. The van der Waals surface area contributed by atoms with Gasteiger partial charge in [0.05, 0.1) is 43.8 Å². The lowest BCUT2D eigenvalue weighted by Gasteiger charge is -2.36. The van der Waals surface area contributed by atoms with Gasteiger partial charge < -0.3 is 14.2 Å². The van der Waals surface area contributed by atoms with Gasteiger partial charge in [-0.3, -0.25) is 5.10 Å². The fourth-order valence-corrected chi connectivity index (χ4v) is 4.43. The number of morpholine rings is 1. The van der Waals surface area contributed by atoms with Crippen molar-refractivity contribution in [3.05, 3.63) is 29.6 Å². The van der Waals surface area contributed by atoms with Crippen LogP contribution < -0.4 is 4.90 Å². The highest BCUT2D eigenvalue weighted by atomic mass is 31.2. The fraction of sp³-hybridized carbons (Fsp3) is 0.550. The average molecular weight is 416 g/mol. The van der Waals surface area contributed by atoms with Gasteiger partial charge in [0.15, 0.2) is 5.82 Å². The largest absolute Gasteiger partial charge is 0.377 e. The minimum Gasteiger partial charge on any atom is -0.377 e. The zero-order valence-corrected chi connectivity index (χ0v) is 18.8. The highest BCUT2D eigenvalue weighted by molar-refractivity contribution is 7.63. The van der Waals surface area contributed by atoms with Gasteiger partial charge in [-0.05, 0) is 58.7 Å². The number of imidazole rings is 1. The number of hydrogen-bond acceptors (Lipinski definition) is 6. The lowest BCUT2D eigenvalue weighted by atomic mass is 10.0. The number of fused-ring (bicyclic) bond motifs is 1. The first-order chi connectivity index (χ1) is 13.6. The highest BCUT2D eigenvalue weighted by Gasteiger charge is 2.37. The molecule has 0 aliphatic carbocycles. The molecule has 8 nitrogen and oxygen atoms in total. The minimum atomic E-state index is -2.46. The number of nitrogens with zero attached hydrogens (tertiary/aromatic N) is 5. The minimum absolute atomic E-state index is 0.209. The van der Waals surface area contributed by atoms with Crippen molar-refractivity contribution in [1.29, 1.82) is 0 Å². The molecule has 1 saturated heterocycles. The van der Waals surface area contributed by atoms with Gasteiger partial charge in [0.1, 0.15) is 11.5 Å². The van der Waals surface area contributed by atoms with Crippen molar-refractivity contribution in [3.63, 3.8) is 0 Å². The van der Waals surface area contributed by atoms with Crippen molar-refractivity contribution in [2.45, 2.75) is 38.9 Å². The molecule has 4 rings (SSSR count). The van der Waals surface area contributed by atoms with E-state index in [4.69, 9.17) is 9.84 Å². The molecule has 1 aliphatic rings.